The number of rotatable bonds is 10. The van der Waals surface area contributed by atoms with Crippen LogP contribution in [0.15, 0.2) is 48.5 Å². The molecule has 4 rings (SSSR count). The number of benzene rings is 2. The van der Waals surface area contributed by atoms with Gasteiger partial charge in [0.15, 0.2) is 0 Å². The molecule has 0 aliphatic heterocycles. The van der Waals surface area contributed by atoms with Gasteiger partial charge in [0.1, 0.15) is 17.6 Å². The second-order valence-corrected chi connectivity index (χ2v) is 12.5. The Hall–Kier alpha value is -2.82. The molecule has 2 saturated carbocycles. The zero-order valence-electron chi connectivity index (χ0n) is 24.0. The number of phenols is 1. The van der Waals surface area contributed by atoms with Crippen molar-refractivity contribution in [1.82, 2.24) is 0 Å². The molecule has 2 aromatic rings. The van der Waals surface area contributed by atoms with Crippen LogP contribution in [0.5, 0.6) is 11.5 Å². The predicted octanol–water partition coefficient (Wildman–Crippen LogP) is 8.45. The van der Waals surface area contributed by atoms with Crippen LogP contribution in [-0.4, -0.2) is 23.1 Å². The van der Waals surface area contributed by atoms with E-state index in [0.29, 0.717) is 24.5 Å². The minimum absolute atomic E-state index is 0.0102. The summed E-state index contributed by atoms with van der Waals surface area (Å²) in [5.41, 5.74) is 1.61. The first kappa shape index (κ1) is 29.2. The molecule has 212 valence electrons. The summed E-state index contributed by atoms with van der Waals surface area (Å²) in [4.78, 5) is 26.3. The maximum atomic E-state index is 13.2. The van der Waals surface area contributed by atoms with Crippen LogP contribution >= 0.6 is 0 Å². The Morgan fingerprint density at radius 3 is 2.08 bits per heavy atom. The first-order valence-corrected chi connectivity index (χ1v) is 15.0. The van der Waals surface area contributed by atoms with Gasteiger partial charge in [-0.3, -0.25) is 9.59 Å². The van der Waals surface area contributed by atoms with Crippen molar-refractivity contribution >= 4 is 11.9 Å². The molecule has 0 heterocycles. The zero-order chi connectivity index (χ0) is 27.8. The van der Waals surface area contributed by atoms with Crippen molar-refractivity contribution in [1.29, 1.82) is 0 Å². The van der Waals surface area contributed by atoms with Gasteiger partial charge in [-0.15, -0.1) is 0 Å². The Morgan fingerprint density at radius 1 is 0.872 bits per heavy atom. The van der Waals surface area contributed by atoms with Gasteiger partial charge in [-0.2, -0.15) is 0 Å². The molecule has 2 unspecified atom stereocenters. The van der Waals surface area contributed by atoms with E-state index < -0.39 is 5.41 Å². The van der Waals surface area contributed by atoms with E-state index in [2.05, 4.69) is 12.1 Å². The summed E-state index contributed by atoms with van der Waals surface area (Å²) in [6, 6.07) is 15.1. The SMILES string of the molecule is CC(CC(CC(C)(C)C(=O)OC1CCCCC1)c1ccc(O)cc1)C(=O)Oc1ccc(C2CCCCC2)cc1. The summed E-state index contributed by atoms with van der Waals surface area (Å²) >= 11 is 0. The number of ether oxygens (including phenoxy) is 2. The van der Waals surface area contributed by atoms with Crippen molar-refractivity contribution in [2.75, 3.05) is 0 Å². The minimum atomic E-state index is -0.710. The molecule has 39 heavy (non-hydrogen) atoms. The van der Waals surface area contributed by atoms with E-state index in [-0.39, 0.29) is 35.6 Å². The quantitative estimate of drug-likeness (QED) is 0.244. The number of carbonyl (C=O) groups excluding carboxylic acids is 2. The van der Waals surface area contributed by atoms with Crippen molar-refractivity contribution in [2.45, 2.75) is 116 Å². The molecule has 0 amide bonds. The molecule has 2 aliphatic carbocycles. The van der Waals surface area contributed by atoms with Gasteiger partial charge in [-0.1, -0.05) is 56.9 Å². The summed E-state index contributed by atoms with van der Waals surface area (Å²) < 4.78 is 11.7. The molecule has 0 bridgehead atoms. The van der Waals surface area contributed by atoms with Gasteiger partial charge in [0.25, 0.3) is 0 Å². The standard InChI is InChI=1S/C34H46O5/c1-24(32(36)38-31-20-16-26(17-21-31)25-10-6-4-7-11-25)22-28(27-14-18-29(35)19-15-27)23-34(2,3)33(37)39-30-12-8-5-9-13-30/h14-21,24-25,28,30,35H,4-13,22-23H2,1-3H3. The van der Waals surface area contributed by atoms with Crippen LogP contribution in [0, 0.1) is 11.3 Å². The van der Waals surface area contributed by atoms with E-state index in [1.165, 1.54) is 44.1 Å². The maximum Gasteiger partial charge on any atom is 0.314 e. The van der Waals surface area contributed by atoms with Crippen LogP contribution in [0.25, 0.3) is 0 Å². The Labute approximate surface area is 234 Å². The Bertz CT molecular complexity index is 1060. The third-order valence-electron chi connectivity index (χ3n) is 8.72. The number of hydrogen-bond acceptors (Lipinski definition) is 5. The highest BCUT2D eigenvalue weighted by atomic mass is 16.5. The van der Waals surface area contributed by atoms with Crippen molar-refractivity contribution in [3.8, 4) is 11.5 Å². The maximum absolute atomic E-state index is 13.2. The average molecular weight is 535 g/mol. The molecule has 0 saturated heterocycles. The summed E-state index contributed by atoms with van der Waals surface area (Å²) in [6.07, 6.45) is 12.8. The Morgan fingerprint density at radius 2 is 1.46 bits per heavy atom. The van der Waals surface area contributed by atoms with Crippen LogP contribution in [0.4, 0.5) is 0 Å². The van der Waals surface area contributed by atoms with Gasteiger partial charge < -0.3 is 14.6 Å². The highest BCUT2D eigenvalue weighted by Gasteiger charge is 2.36. The van der Waals surface area contributed by atoms with Gasteiger partial charge in [0.2, 0.25) is 0 Å². The lowest BCUT2D eigenvalue weighted by molar-refractivity contribution is -0.161. The zero-order valence-corrected chi connectivity index (χ0v) is 24.0. The summed E-state index contributed by atoms with van der Waals surface area (Å²) in [5, 5.41) is 9.83. The van der Waals surface area contributed by atoms with Crippen molar-refractivity contribution < 1.29 is 24.2 Å². The molecule has 0 aromatic heterocycles. The van der Waals surface area contributed by atoms with Crippen molar-refractivity contribution in [2.24, 2.45) is 11.3 Å². The molecule has 0 radical (unpaired) electrons. The van der Waals surface area contributed by atoms with E-state index in [0.717, 1.165) is 31.2 Å². The van der Waals surface area contributed by atoms with E-state index >= 15 is 0 Å². The molecule has 2 atom stereocenters. The van der Waals surface area contributed by atoms with Crippen LogP contribution in [-0.2, 0) is 14.3 Å². The number of aromatic hydroxyl groups is 1. The van der Waals surface area contributed by atoms with E-state index in [1.807, 2.05) is 45.0 Å². The van der Waals surface area contributed by atoms with Crippen LogP contribution < -0.4 is 4.74 Å². The first-order valence-electron chi connectivity index (χ1n) is 15.0. The fraction of sp³-hybridized carbons (Fsp3) is 0.588. The van der Waals surface area contributed by atoms with Crippen LogP contribution in [0.3, 0.4) is 0 Å². The normalized spacial score (nSPS) is 18.7. The van der Waals surface area contributed by atoms with E-state index in [4.69, 9.17) is 9.47 Å². The van der Waals surface area contributed by atoms with Crippen LogP contribution in [0.1, 0.15) is 121 Å². The minimum Gasteiger partial charge on any atom is -0.508 e. The average Bonchev–Trinajstić information content (AvgIpc) is 2.94. The number of phenolic OH excluding ortho intramolecular Hbond substituents is 1. The fourth-order valence-electron chi connectivity index (χ4n) is 6.26. The largest absolute Gasteiger partial charge is 0.508 e. The molecule has 0 spiro atoms. The summed E-state index contributed by atoms with van der Waals surface area (Å²) in [6.45, 7) is 5.75. The third kappa shape index (κ3) is 8.33. The molecular weight excluding hydrogens is 488 g/mol. The van der Waals surface area contributed by atoms with Crippen LogP contribution in [0.2, 0.25) is 0 Å². The molecular formula is C34H46O5. The second kappa shape index (κ2) is 13.5. The lowest BCUT2D eigenvalue weighted by Crippen LogP contribution is -2.33. The van der Waals surface area contributed by atoms with Crippen molar-refractivity contribution in [3.63, 3.8) is 0 Å². The topological polar surface area (TPSA) is 72.8 Å². The van der Waals surface area contributed by atoms with Crippen molar-refractivity contribution in [3.05, 3.63) is 59.7 Å². The smallest absolute Gasteiger partial charge is 0.314 e. The van der Waals surface area contributed by atoms with E-state index in [9.17, 15) is 14.7 Å². The fourth-order valence-corrected chi connectivity index (χ4v) is 6.26. The monoisotopic (exact) mass is 534 g/mol. The first-order chi connectivity index (χ1) is 18.7. The summed E-state index contributed by atoms with van der Waals surface area (Å²) in [5.74, 6) is 0.490. The highest BCUT2D eigenvalue weighted by molar-refractivity contribution is 5.76. The molecule has 5 nitrogen and oxygen atoms in total. The van der Waals surface area contributed by atoms with E-state index in [1.54, 1.807) is 12.1 Å². The van der Waals surface area contributed by atoms with Gasteiger partial charge in [0.05, 0.1) is 11.3 Å². The van der Waals surface area contributed by atoms with Gasteiger partial charge in [0, 0.05) is 0 Å². The van der Waals surface area contributed by atoms with Gasteiger partial charge >= 0.3 is 11.9 Å². The number of carbonyl (C=O) groups is 2. The molecule has 5 heteroatoms. The van der Waals surface area contributed by atoms with Gasteiger partial charge in [-0.25, -0.2) is 0 Å². The lowest BCUT2D eigenvalue weighted by Gasteiger charge is -2.32. The molecule has 2 aromatic carbocycles. The number of esters is 2. The number of hydrogen-bond donors (Lipinski definition) is 1. The summed E-state index contributed by atoms with van der Waals surface area (Å²) in [7, 11) is 0. The third-order valence-corrected chi connectivity index (χ3v) is 8.72. The lowest BCUT2D eigenvalue weighted by atomic mass is 9.76. The predicted molar refractivity (Wildman–Crippen MR) is 154 cm³/mol. The molecule has 2 aliphatic rings. The molecule has 2 fully saturated rings. The highest BCUT2D eigenvalue weighted by Crippen LogP contribution is 2.39. The molecule has 1 N–H and O–H groups in total. The van der Waals surface area contributed by atoms with Gasteiger partial charge in [-0.05, 0) is 112 Å². The second-order valence-electron chi connectivity index (χ2n) is 12.5. The Balaban J connectivity index is 1.40. The Kier molecular flexibility index (Phi) is 10.1.